The van der Waals surface area contributed by atoms with Gasteiger partial charge in [-0.2, -0.15) is 0 Å². The van der Waals surface area contributed by atoms with Gasteiger partial charge in [-0.1, -0.05) is 23.4 Å². The van der Waals surface area contributed by atoms with Crippen LogP contribution in [0, 0.1) is 5.82 Å². The number of esters is 1. The quantitative estimate of drug-likeness (QED) is 0.235. The second-order valence-electron chi connectivity index (χ2n) is 8.39. The zero-order valence-electron chi connectivity index (χ0n) is 20.8. The summed E-state index contributed by atoms with van der Waals surface area (Å²) >= 11 is 8.79. The first-order valence-corrected chi connectivity index (χ1v) is 14.3. The zero-order chi connectivity index (χ0) is 26.5. The molecule has 2 aromatic heterocycles. The number of thioether (sulfide) groups is 1. The minimum absolute atomic E-state index is 0.0853. The molecule has 1 atom stereocenters. The van der Waals surface area contributed by atoms with E-state index in [0.29, 0.717) is 33.8 Å². The summed E-state index contributed by atoms with van der Waals surface area (Å²) < 4.78 is 26.4. The van der Waals surface area contributed by atoms with Crippen molar-refractivity contribution < 1.29 is 23.5 Å². The molecule has 0 spiro atoms. The van der Waals surface area contributed by atoms with Crippen LogP contribution in [0.2, 0.25) is 5.02 Å². The van der Waals surface area contributed by atoms with Crippen LogP contribution in [-0.2, 0) is 28.9 Å². The number of carbonyl (C=O) groups excluding carboxylic acids is 2. The van der Waals surface area contributed by atoms with Gasteiger partial charge < -0.3 is 19.4 Å². The first kappa shape index (κ1) is 27.4. The van der Waals surface area contributed by atoms with E-state index in [2.05, 4.69) is 15.5 Å². The molecule has 0 saturated carbocycles. The molecule has 0 fully saturated rings. The number of aromatic nitrogens is 3. The van der Waals surface area contributed by atoms with Gasteiger partial charge >= 0.3 is 5.97 Å². The van der Waals surface area contributed by atoms with Crippen molar-refractivity contribution in [1.82, 2.24) is 14.8 Å². The summed E-state index contributed by atoms with van der Waals surface area (Å²) in [6.07, 6.45) is 3.30. The van der Waals surface area contributed by atoms with Crippen LogP contribution in [0.15, 0.2) is 23.4 Å². The highest BCUT2D eigenvalue weighted by molar-refractivity contribution is 7.99. The van der Waals surface area contributed by atoms with Gasteiger partial charge in [0.2, 0.25) is 5.91 Å². The van der Waals surface area contributed by atoms with Crippen LogP contribution in [0.3, 0.4) is 0 Å². The molecule has 1 unspecified atom stereocenters. The molecular weight excluding hydrogens is 539 g/mol. The van der Waals surface area contributed by atoms with Gasteiger partial charge in [0.1, 0.15) is 16.6 Å². The normalized spacial score (nSPS) is 13.6. The molecule has 4 rings (SSSR count). The van der Waals surface area contributed by atoms with E-state index in [0.717, 1.165) is 36.1 Å². The van der Waals surface area contributed by atoms with Crippen molar-refractivity contribution in [3.8, 4) is 5.75 Å². The zero-order valence-corrected chi connectivity index (χ0v) is 23.2. The smallest absolute Gasteiger partial charge is 0.341 e. The number of anilines is 1. The maximum absolute atomic E-state index is 13.3. The molecule has 1 amide bonds. The van der Waals surface area contributed by atoms with Crippen molar-refractivity contribution >= 4 is 51.6 Å². The monoisotopic (exact) mass is 566 g/mol. The lowest BCUT2D eigenvalue weighted by Gasteiger charge is -2.16. The molecule has 1 aliphatic carbocycles. The van der Waals surface area contributed by atoms with Gasteiger partial charge in [0, 0.05) is 11.4 Å². The number of nitrogens with zero attached hydrogens (tertiary/aromatic N) is 3. The SMILES string of the molecule is CCOC(=O)c1c(NC(=O)CSc2nnc(C(C)Oc3ccc(F)cc3Cl)n2CC)sc2c1CCCC2. The Morgan fingerprint density at radius 2 is 2.05 bits per heavy atom. The molecule has 0 saturated heterocycles. The van der Waals surface area contributed by atoms with Crippen LogP contribution in [0.5, 0.6) is 5.75 Å². The van der Waals surface area contributed by atoms with Crippen LogP contribution in [0.25, 0.3) is 0 Å². The van der Waals surface area contributed by atoms with E-state index in [-0.39, 0.29) is 23.3 Å². The van der Waals surface area contributed by atoms with E-state index in [1.165, 1.54) is 41.3 Å². The number of rotatable bonds is 10. The Morgan fingerprint density at radius 1 is 1.27 bits per heavy atom. The molecule has 1 aromatic carbocycles. The van der Waals surface area contributed by atoms with Crippen molar-refractivity contribution in [3.05, 3.63) is 50.9 Å². The molecule has 0 radical (unpaired) electrons. The molecule has 8 nitrogen and oxygen atoms in total. The summed E-state index contributed by atoms with van der Waals surface area (Å²) in [4.78, 5) is 26.7. The fraction of sp³-hybridized carbons (Fsp3) is 0.440. The standard InChI is InChI=1S/C25H28ClFN4O4S2/c1-4-31-22(14(3)35-18-11-10-15(27)12-17(18)26)29-30-25(31)36-13-20(32)28-23-21(24(33)34-5-2)16-8-6-7-9-19(16)37-23/h10-12,14H,4-9,13H2,1-3H3,(H,28,32). The van der Waals surface area contributed by atoms with Crippen LogP contribution in [0.1, 0.15) is 66.3 Å². The first-order valence-electron chi connectivity index (χ1n) is 12.1. The number of nitrogens with one attached hydrogen (secondary N) is 1. The Balaban J connectivity index is 1.44. The van der Waals surface area contributed by atoms with Gasteiger partial charge in [-0.3, -0.25) is 4.79 Å². The summed E-state index contributed by atoms with van der Waals surface area (Å²) in [6, 6.07) is 3.93. The average Bonchev–Trinajstić information content (AvgIpc) is 3.45. The lowest BCUT2D eigenvalue weighted by molar-refractivity contribution is -0.113. The maximum atomic E-state index is 13.3. The largest absolute Gasteiger partial charge is 0.481 e. The fourth-order valence-corrected chi connectivity index (χ4v) is 6.50. The summed E-state index contributed by atoms with van der Waals surface area (Å²) in [5.74, 6) is -0.107. The third-order valence-corrected chi connectivity index (χ3v) is 8.33. The van der Waals surface area contributed by atoms with Gasteiger partial charge in [0.05, 0.1) is 22.9 Å². The van der Waals surface area contributed by atoms with Crippen molar-refractivity contribution in [2.45, 2.75) is 64.3 Å². The highest BCUT2D eigenvalue weighted by Crippen LogP contribution is 2.39. The molecule has 1 aliphatic rings. The van der Waals surface area contributed by atoms with Gasteiger partial charge in [0.15, 0.2) is 17.1 Å². The average molecular weight is 567 g/mol. The molecule has 0 bridgehead atoms. The van der Waals surface area contributed by atoms with Crippen LogP contribution in [0.4, 0.5) is 9.39 Å². The van der Waals surface area contributed by atoms with Gasteiger partial charge in [-0.05, 0) is 70.2 Å². The highest BCUT2D eigenvalue weighted by atomic mass is 35.5. The molecule has 3 aromatic rings. The van der Waals surface area contributed by atoms with Crippen molar-refractivity contribution in [3.63, 3.8) is 0 Å². The molecule has 12 heteroatoms. The lowest BCUT2D eigenvalue weighted by atomic mass is 9.95. The van der Waals surface area contributed by atoms with E-state index in [9.17, 15) is 14.0 Å². The number of amides is 1. The van der Waals surface area contributed by atoms with Gasteiger partial charge in [0.25, 0.3) is 0 Å². The van der Waals surface area contributed by atoms with Gasteiger partial charge in [-0.25, -0.2) is 9.18 Å². The second-order valence-corrected chi connectivity index (χ2v) is 10.8. The Labute approximate surface area is 227 Å². The van der Waals surface area contributed by atoms with Crippen molar-refractivity contribution in [1.29, 1.82) is 0 Å². The molecule has 1 N–H and O–H groups in total. The Kier molecular flexibility index (Phi) is 9.09. The highest BCUT2D eigenvalue weighted by Gasteiger charge is 2.27. The summed E-state index contributed by atoms with van der Waals surface area (Å²) in [5, 5.41) is 12.7. The number of ether oxygens (including phenoxy) is 2. The molecular formula is C25H28ClFN4O4S2. The molecule has 2 heterocycles. The molecule has 198 valence electrons. The van der Waals surface area contributed by atoms with Crippen molar-refractivity contribution in [2.75, 3.05) is 17.7 Å². The third-order valence-electron chi connectivity index (χ3n) is 5.86. The summed E-state index contributed by atoms with van der Waals surface area (Å²) in [6.45, 7) is 6.34. The van der Waals surface area contributed by atoms with E-state index in [4.69, 9.17) is 21.1 Å². The van der Waals surface area contributed by atoms with E-state index in [1.54, 1.807) is 13.8 Å². The van der Waals surface area contributed by atoms with E-state index < -0.39 is 17.9 Å². The number of thiophene rings is 1. The number of hydrogen-bond acceptors (Lipinski definition) is 8. The number of aryl methyl sites for hydroxylation is 1. The number of hydrogen-bond donors (Lipinski definition) is 1. The lowest BCUT2D eigenvalue weighted by Crippen LogP contribution is -2.17. The van der Waals surface area contributed by atoms with E-state index in [1.807, 2.05) is 11.5 Å². The number of benzene rings is 1. The Bertz CT molecular complexity index is 1300. The van der Waals surface area contributed by atoms with Crippen LogP contribution in [-0.4, -0.2) is 39.0 Å². The van der Waals surface area contributed by atoms with Gasteiger partial charge in [-0.15, -0.1) is 21.5 Å². The predicted molar refractivity (Wildman–Crippen MR) is 142 cm³/mol. The summed E-state index contributed by atoms with van der Waals surface area (Å²) in [7, 11) is 0. The predicted octanol–water partition coefficient (Wildman–Crippen LogP) is 6.08. The number of fused-ring (bicyclic) bond motifs is 1. The Morgan fingerprint density at radius 3 is 2.78 bits per heavy atom. The molecule has 37 heavy (non-hydrogen) atoms. The maximum Gasteiger partial charge on any atom is 0.341 e. The third kappa shape index (κ3) is 6.27. The minimum atomic E-state index is -0.511. The second kappa shape index (κ2) is 12.3. The van der Waals surface area contributed by atoms with E-state index >= 15 is 0 Å². The Hall–Kier alpha value is -2.63. The van der Waals surface area contributed by atoms with Crippen LogP contribution < -0.4 is 10.1 Å². The molecule has 0 aliphatic heterocycles. The summed E-state index contributed by atoms with van der Waals surface area (Å²) in [5.41, 5.74) is 1.49. The topological polar surface area (TPSA) is 95.3 Å². The number of halogens is 2. The van der Waals surface area contributed by atoms with Crippen LogP contribution >= 0.6 is 34.7 Å². The first-order chi connectivity index (χ1) is 17.8. The fourth-order valence-electron chi connectivity index (χ4n) is 4.18. The minimum Gasteiger partial charge on any atom is -0.481 e. The number of carbonyl (C=O) groups is 2. The van der Waals surface area contributed by atoms with Crippen molar-refractivity contribution in [2.24, 2.45) is 0 Å².